The van der Waals surface area contributed by atoms with Crippen molar-refractivity contribution in [3.05, 3.63) is 54.5 Å². The lowest BCUT2D eigenvalue weighted by Crippen LogP contribution is -2.49. The SMILES string of the molecule is [2H]C([2H])=[N+](C(CC=C)C(C)(Cl)Cl)[B-](F)(F)/C=C/c1ccccc1. The molecule has 0 spiro atoms. The van der Waals surface area contributed by atoms with Gasteiger partial charge in [0.25, 0.3) is 0 Å². The lowest BCUT2D eigenvalue weighted by atomic mass is 9.76. The fourth-order valence-electron chi connectivity index (χ4n) is 1.85. The third kappa shape index (κ3) is 5.29. The number of halogens is 4. The van der Waals surface area contributed by atoms with Crippen LogP contribution in [-0.4, -0.2) is 28.4 Å². The van der Waals surface area contributed by atoms with E-state index >= 15 is 0 Å². The van der Waals surface area contributed by atoms with Crippen molar-refractivity contribution in [3.8, 4) is 0 Å². The van der Waals surface area contributed by atoms with Gasteiger partial charge in [0.1, 0.15) is 8.78 Å². The van der Waals surface area contributed by atoms with Gasteiger partial charge >= 0.3 is 6.84 Å². The Morgan fingerprint density at radius 3 is 2.52 bits per heavy atom. The molecular formula is C15H18BCl2F2N. The zero-order chi connectivity index (χ0) is 17.7. The van der Waals surface area contributed by atoms with Crippen LogP contribution in [0.4, 0.5) is 8.63 Å². The number of benzene rings is 1. The summed E-state index contributed by atoms with van der Waals surface area (Å²) >= 11 is 12.0. The highest BCUT2D eigenvalue weighted by Gasteiger charge is 2.45. The van der Waals surface area contributed by atoms with Crippen molar-refractivity contribution in [2.45, 2.75) is 23.7 Å². The van der Waals surface area contributed by atoms with Gasteiger partial charge in [0, 0.05) is 6.42 Å². The summed E-state index contributed by atoms with van der Waals surface area (Å²) < 4.78 is 42.9. The van der Waals surface area contributed by atoms with E-state index in [9.17, 15) is 8.63 Å². The third-order valence-electron chi connectivity index (χ3n) is 3.00. The van der Waals surface area contributed by atoms with Crippen molar-refractivity contribution in [2.24, 2.45) is 0 Å². The number of rotatable bonds is 7. The Morgan fingerprint density at radius 1 is 1.43 bits per heavy atom. The summed E-state index contributed by atoms with van der Waals surface area (Å²) in [7, 11) is 0. The smallest absolute Gasteiger partial charge is 0.409 e. The maximum atomic E-state index is 14.6. The van der Waals surface area contributed by atoms with Gasteiger partial charge in [0.05, 0.1) is 6.67 Å². The van der Waals surface area contributed by atoms with Crippen LogP contribution in [-0.2, 0) is 0 Å². The molecule has 114 valence electrons. The van der Waals surface area contributed by atoms with Crippen molar-refractivity contribution in [1.82, 2.24) is 0 Å². The van der Waals surface area contributed by atoms with Crippen LogP contribution >= 0.6 is 23.2 Å². The second kappa shape index (κ2) is 7.23. The molecule has 1 atom stereocenters. The highest BCUT2D eigenvalue weighted by atomic mass is 35.5. The van der Waals surface area contributed by atoms with Crippen molar-refractivity contribution in [3.63, 3.8) is 0 Å². The Bertz CT molecular complexity index is 597. The van der Waals surface area contributed by atoms with Crippen LogP contribution in [0.2, 0.25) is 0 Å². The van der Waals surface area contributed by atoms with Gasteiger partial charge in [-0.15, -0.1) is 6.58 Å². The van der Waals surface area contributed by atoms with Gasteiger partial charge in [-0.2, -0.15) is 0 Å². The van der Waals surface area contributed by atoms with Crippen LogP contribution in [0, 0.1) is 0 Å². The predicted octanol–water partition coefficient (Wildman–Crippen LogP) is 4.97. The van der Waals surface area contributed by atoms with E-state index in [-0.39, 0.29) is 6.42 Å². The summed E-state index contributed by atoms with van der Waals surface area (Å²) in [4.78, 5) is 0. The van der Waals surface area contributed by atoms with Gasteiger partial charge in [-0.1, -0.05) is 71.7 Å². The van der Waals surface area contributed by atoms with Crippen LogP contribution in [0.15, 0.2) is 49.0 Å². The van der Waals surface area contributed by atoms with E-state index in [2.05, 4.69) is 6.58 Å². The molecule has 1 aromatic carbocycles. The van der Waals surface area contributed by atoms with Crippen LogP contribution < -0.4 is 0 Å². The molecule has 0 saturated heterocycles. The predicted molar refractivity (Wildman–Crippen MR) is 89.5 cm³/mol. The summed E-state index contributed by atoms with van der Waals surface area (Å²) in [6, 6.07) is 7.43. The average molecular weight is 334 g/mol. The molecule has 0 aliphatic heterocycles. The first kappa shape index (κ1) is 14.8. The van der Waals surface area contributed by atoms with E-state index in [0.717, 1.165) is 0 Å². The molecule has 0 aliphatic carbocycles. The van der Waals surface area contributed by atoms with Crippen molar-refractivity contribution < 1.29 is 15.9 Å². The minimum Gasteiger partial charge on any atom is -0.409 e. The molecule has 0 heterocycles. The highest BCUT2D eigenvalue weighted by molar-refractivity contribution is 6.64. The molecule has 21 heavy (non-hydrogen) atoms. The zero-order valence-corrected chi connectivity index (χ0v) is 13.2. The molecule has 0 aromatic heterocycles. The molecule has 0 bridgehead atoms. The molecule has 0 N–H and O–H groups in total. The Labute approximate surface area is 137 Å². The first-order chi connectivity index (χ1) is 10.6. The lowest BCUT2D eigenvalue weighted by molar-refractivity contribution is -0.457. The Kier molecular flexibility index (Phi) is 5.10. The van der Waals surface area contributed by atoms with Gasteiger partial charge in [-0.05, 0) is 12.5 Å². The van der Waals surface area contributed by atoms with Crippen LogP contribution in [0.25, 0.3) is 6.08 Å². The van der Waals surface area contributed by atoms with E-state index < -0.39 is 23.9 Å². The number of hydrogen-bond donors (Lipinski definition) is 0. The van der Waals surface area contributed by atoms with Crippen LogP contribution in [0.5, 0.6) is 0 Å². The number of alkyl halides is 2. The number of hydrogen-bond acceptors (Lipinski definition) is 0. The second-order valence-corrected chi connectivity index (χ2v) is 6.62. The molecule has 0 saturated carbocycles. The summed E-state index contributed by atoms with van der Waals surface area (Å²) in [6.45, 7) is -0.546. The number of nitrogens with zero attached hydrogens (tertiary/aromatic N) is 1. The van der Waals surface area contributed by atoms with Crippen molar-refractivity contribution >= 4 is 42.8 Å². The minimum atomic E-state index is -4.35. The summed E-state index contributed by atoms with van der Waals surface area (Å²) in [5.41, 5.74) is 0.588. The molecule has 1 nitrogen and oxygen atoms in total. The minimum absolute atomic E-state index is 0.0152. The first-order valence-electron chi connectivity index (χ1n) is 7.43. The van der Waals surface area contributed by atoms with E-state index in [0.29, 0.717) is 16.0 Å². The van der Waals surface area contributed by atoms with Gasteiger partial charge in [0.2, 0.25) is 0 Å². The van der Waals surface area contributed by atoms with E-state index in [1.807, 2.05) is 0 Å². The largest absolute Gasteiger partial charge is 0.631 e. The molecule has 1 rings (SSSR count). The topological polar surface area (TPSA) is 3.01 Å². The fourth-order valence-corrected chi connectivity index (χ4v) is 2.23. The summed E-state index contributed by atoms with van der Waals surface area (Å²) in [6.07, 6.45) is 2.65. The van der Waals surface area contributed by atoms with Crippen LogP contribution in [0.3, 0.4) is 0 Å². The fraction of sp³-hybridized carbons (Fsp3) is 0.267. The standard InChI is InChI=1S/C15H18BCl2F2N/c1-4-8-14(15(2,17)18)21(3)16(19,20)12-11-13-9-6-5-7-10-13/h4-7,9-12,14H,1,3,8H2,2H3/b12-11+/i3D2. The Balaban J connectivity index is 3.25. The van der Waals surface area contributed by atoms with E-state index in [1.165, 1.54) is 19.1 Å². The Hall–Kier alpha value is -1.13. The molecule has 0 amide bonds. The second-order valence-electron chi connectivity index (χ2n) is 4.85. The molecule has 0 fully saturated rings. The van der Waals surface area contributed by atoms with Gasteiger partial charge in [-0.25, -0.2) is 0 Å². The molecule has 1 aromatic rings. The van der Waals surface area contributed by atoms with Crippen LogP contribution in [0.1, 0.15) is 21.6 Å². The van der Waals surface area contributed by atoms with Gasteiger partial charge < -0.3 is 13.1 Å². The monoisotopic (exact) mass is 333 g/mol. The third-order valence-corrected chi connectivity index (χ3v) is 3.51. The first-order valence-corrected chi connectivity index (χ1v) is 7.19. The van der Waals surface area contributed by atoms with Crippen molar-refractivity contribution in [2.75, 3.05) is 0 Å². The molecule has 1 unspecified atom stereocenters. The molecule has 6 heteroatoms. The summed E-state index contributed by atoms with van der Waals surface area (Å²) in [5.74, 6) is 0.689. The quantitative estimate of drug-likeness (QED) is 0.287. The van der Waals surface area contributed by atoms with E-state index in [4.69, 9.17) is 25.9 Å². The van der Waals surface area contributed by atoms with Gasteiger partial charge in [-0.3, -0.25) is 0 Å². The molecule has 0 aliphatic rings. The summed E-state index contributed by atoms with van der Waals surface area (Å²) in [5, 5.41) is 0. The zero-order valence-electron chi connectivity index (χ0n) is 13.6. The lowest BCUT2D eigenvalue weighted by Gasteiger charge is -2.31. The van der Waals surface area contributed by atoms with E-state index in [1.54, 1.807) is 30.3 Å². The molecule has 0 radical (unpaired) electrons. The highest BCUT2D eigenvalue weighted by Crippen LogP contribution is 2.31. The maximum absolute atomic E-state index is 14.6. The normalized spacial score (nSPS) is 15.3. The Morgan fingerprint density at radius 2 is 2.05 bits per heavy atom. The molecular weight excluding hydrogens is 314 g/mol. The maximum Gasteiger partial charge on any atom is 0.631 e. The van der Waals surface area contributed by atoms with Gasteiger partial charge in [0.15, 0.2) is 4.33 Å². The average Bonchev–Trinajstić information content (AvgIpc) is 2.44. The van der Waals surface area contributed by atoms with Crippen molar-refractivity contribution in [1.29, 1.82) is 0 Å².